The van der Waals surface area contributed by atoms with Crippen LogP contribution >= 0.6 is 0 Å². The van der Waals surface area contributed by atoms with Crippen LogP contribution in [0.3, 0.4) is 0 Å². The molecule has 2 bridgehead atoms. The molecule has 10 heteroatoms. The zero-order valence-electron chi connectivity index (χ0n) is 19.1. The number of carbonyl (C=O) groups is 1. The number of aromatic nitrogens is 2. The number of nitrogens with zero attached hydrogens (tertiary/aromatic N) is 1. The Bertz CT molecular complexity index is 1470. The number of nitrogens with one attached hydrogen (secondary N) is 3. The first-order chi connectivity index (χ1) is 17.6. The van der Waals surface area contributed by atoms with E-state index in [-0.39, 0.29) is 15.6 Å². The summed E-state index contributed by atoms with van der Waals surface area (Å²) in [5.41, 5.74) is 4.44. The second-order valence-corrected chi connectivity index (χ2v) is 10.7. The van der Waals surface area contributed by atoms with Crippen LogP contribution in [0.2, 0.25) is 0 Å². The van der Waals surface area contributed by atoms with Crippen LogP contribution in [0.1, 0.15) is 25.5 Å². The third-order valence-corrected chi connectivity index (χ3v) is 8.49. The van der Waals surface area contributed by atoms with Gasteiger partial charge in [-0.25, -0.2) is 0 Å². The van der Waals surface area contributed by atoms with E-state index in [1.54, 1.807) is 24.5 Å². The van der Waals surface area contributed by atoms with Gasteiger partial charge in [0.15, 0.2) is 0 Å². The Hall–Kier alpha value is -3.80. The minimum absolute atomic E-state index is 0.0288. The molecule has 0 unspecified atom stereocenters. The molecule has 0 radical (unpaired) electrons. The predicted octanol–water partition coefficient (Wildman–Crippen LogP) is 1.73. The van der Waals surface area contributed by atoms with E-state index in [9.17, 15) is 9.18 Å². The Kier molecular flexibility index (Phi) is 5.88. The number of hydrogen-bond acceptors (Lipinski definition) is 6. The molecule has 0 saturated carbocycles. The number of halogens is 2. The van der Waals surface area contributed by atoms with Gasteiger partial charge in [0.05, 0.1) is 0 Å². The molecule has 6 rings (SSSR count). The fraction of sp³-hybridized carbons (Fsp3) is 0.154. The fourth-order valence-corrected chi connectivity index (χ4v) is 6.50. The molecule has 1 atom stereocenters. The van der Waals surface area contributed by atoms with Crippen molar-refractivity contribution < 1.29 is 43.3 Å². The van der Waals surface area contributed by atoms with E-state index >= 15 is 0 Å². The Labute approximate surface area is 217 Å². The molecular weight excluding hydrogens is 578 g/mol. The molecule has 4 heterocycles. The van der Waals surface area contributed by atoms with Crippen molar-refractivity contribution >= 4 is 17.3 Å². The van der Waals surface area contributed by atoms with Crippen LogP contribution < -0.4 is 44.8 Å². The summed E-state index contributed by atoms with van der Waals surface area (Å²) in [6.07, 6.45) is 3.31. The average Bonchev–Trinajstić information content (AvgIpc) is 3.27. The first kappa shape index (κ1) is 22.7. The van der Waals surface area contributed by atoms with E-state index in [1.165, 1.54) is 13.2 Å². The van der Waals surface area contributed by atoms with E-state index in [4.69, 9.17) is 12.5 Å². The van der Waals surface area contributed by atoms with Crippen molar-refractivity contribution in [1.29, 1.82) is 0 Å². The number of fused-ring (bicyclic) bond motifs is 4. The molecule has 4 aromatic rings. The summed E-state index contributed by atoms with van der Waals surface area (Å²) in [4.78, 5) is 20.9. The molecule has 0 spiro atoms. The van der Waals surface area contributed by atoms with E-state index in [0.29, 0.717) is 41.5 Å². The van der Waals surface area contributed by atoms with E-state index in [0.717, 1.165) is 22.6 Å². The summed E-state index contributed by atoms with van der Waals surface area (Å²) in [7, 11) is 1.41. The van der Waals surface area contributed by atoms with Gasteiger partial charge in [0, 0.05) is 0 Å². The summed E-state index contributed by atoms with van der Waals surface area (Å²) in [6, 6.07) is 14.2. The van der Waals surface area contributed by atoms with Crippen molar-refractivity contribution in [3.05, 3.63) is 83.6 Å². The number of benzene rings is 2. The van der Waals surface area contributed by atoms with Gasteiger partial charge in [0.1, 0.15) is 0 Å². The molecule has 8 nitrogen and oxygen atoms in total. The zero-order chi connectivity index (χ0) is 24.6. The first-order valence-electron chi connectivity index (χ1n) is 11.2. The molecule has 0 saturated heterocycles. The van der Waals surface area contributed by atoms with Gasteiger partial charge in [-0.2, -0.15) is 0 Å². The number of ether oxygens (including phenoxy) is 2. The number of anilines is 2. The number of carbonyl (C=O) groups excluding carboxylic acids is 1. The first-order valence-corrected chi connectivity index (χ1v) is 13.4. The number of alkyl halides is 1. The van der Waals surface area contributed by atoms with Gasteiger partial charge in [-0.15, -0.1) is 0 Å². The standard InChI is InChI=1S/C26H21FIN4O4/c1-34-25-16(27)6-4-7-18(25)31-24-21-23-17(11-30-26(21)33)28-36-19-8-3-2-5-14(19)13-35-20-12-29-10-9-15(20)22(24)32-23/h2-10,12,17,31-32H,11,13H2,1H3,(H,30,33)/q-1/t17-/m1/s1. The van der Waals surface area contributed by atoms with Crippen LogP contribution in [0.25, 0.3) is 11.3 Å². The summed E-state index contributed by atoms with van der Waals surface area (Å²) in [5.74, 6) is 0.627. The molecule has 2 aromatic heterocycles. The molecule has 0 aliphatic carbocycles. The van der Waals surface area contributed by atoms with Gasteiger partial charge in [-0.05, 0) is 0 Å². The van der Waals surface area contributed by atoms with Crippen LogP contribution in [-0.4, -0.2) is 29.5 Å². The maximum atomic E-state index is 14.5. The molecule has 2 aliphatic heterocycles. The molecule has 2 aromatic carbocycles. The summed E-state index contributed by atoms with van der Waals surface area (Å²) in [6.45, 7) is 0.755. The van der Waals surface area contributed by atoms with E-state index in [2.05, 4.69) is 20.6 Å². The number of amides is 1. The normalized spacial score (nSPS) is 16.4. The van der Waals surface area contributed by atoms with Gasteiger partial charge >= 0.3 is 217 Å². The number of aromatic amines is 1. The van der Waals surface area contributed by atoms with Gasteiger partial charge in [0.2, 0.25) is 0 Å². The Morgan fingerprint density at radius 3 is 2.94 bits per heavy atom. The monoisotopic (exact) mass is 599 g/mol. The van der Waals surface area contributed by atoms with Gasteiger partial charge < -0.3 is 0 Å². The Morgan fingerprint density at radius 1 is 1.17 bits per heavy atom. The number of para-hydroxylation sites is 2. The number of methoxy groups -OCH3 is 1. The predicted molar refractivity (Wildman–Crippen MR) is 127 cm³/mol. The molecule has 3 N–H and O–H groups in total. The molecule has 0 fully saturated rings. The van der Waals surface area contributed by atoms with Crippen molar-refractivity contribution in [3.8, 4) is 28.5 Å². The van der Waals surface area contributed by atoms with Crippen molar-refractivity contribution in [3.63, 3.8) is 0 Å². The Balaban J connectivity index is 1.56. The SMILES string of the molecule is COc1c(F)cccc1Nc1c2[nH]c3c1C(=O)NC[C@H]3[I-]Oc1ccccc1COc1cnccc1-2. The van der Waals surface area contributed by atoms with Crippen LogP contribution in [0.5, 0.6) is 17.2 Å². The zero-order valence-corrected chi connectivity index (χ0v) is 21.3. The molecular formula is C26H21FIN4O4-. The van der Waals surface area contributed by atoms with Crippen LogP contribution in [0, 0.1) is 5.82 Å². The van der Waals surface area contributed by atoms with E-state index < -0.39 is 27.4 Å². The number of hydrogen-bond donors (Lipinski definition) is 3. The molecule has 1 amide bonds. The van der Waals surface area contributed by atoms with Gasteiger partial charge in [0.25, 0.3) is 0 Å². The van der Waals surface area contributed by atoms with Crippen LogP contribution in [0.15, 0.2) is 60.9 Å². The second-order valence-electron chi connectivity index (χ2n) is 8.22. The van der Waals surface area contributed by atoms with Crippen molar-refractivity contribution in [1.82, 2.24) is 15.3 Å². The summed E-state index contributed by atoms with van der Waals surface area (Å²) < 4.78 is 32.3. The number of H-pyrrole nitrogens is 1. The number of pyridine rings is 1. The third kappa shape index (κ3) is 3.91. The topological polar surface area (TPSA) is 97.5 Å². The van der Waals surface area contributed by atoms with E-state index in [1.807, 2.05) is 30.3 Å². The molecule has 184 valence electrons. The van der Waals surface area contributed by atoms with Crippen LogP contribution in [-0.2, 0) is 6.61 Å². The Morgan fingerprint density at radius 2 is 2.06 bits per heavy atom. The summed E-state index contributed by atoms with van der Waals surface area (Å²) >= 11 is -0.857. The van der Waals surface area contributed by atoms with Gasteiger partial charge in [-0.3, -0.25) is 0 Å². The van der Waals surface area contributed by atoms with Crippen molar-refractivity contribution in [2.45, 2.75) is 10.5 Å². The van der Waals surface area contributed by atoms with Gasteiger partial charge in [-0.1, -0.05) is 0 Å². The third-order valence-electron chi connectivity index (χ3n) is 6.09. The molecule has 36 heavy (non-hydrogen) atoms. The average molecular weight is 599 g/mol. The summed E-state index contributed by atoms with van der Waals surface area (Å²) in [5, 5.41) is 6.27. The fourth-order valence-electron chi connectivity index (χ4n) is 4.37. The second kappa shape index (κ2) is 9.34. The van der Waals surface area contributed by atoms with Crippen molar-refractivity contribution in [2.24, 2.45) is 0 Å². The quantitative estimate of drug-likeness (QED) is 0.245. The number of rotatable bonds is 3. The molecule has 2 aliphatic rings. The minimum atomic E-state index is -0.857. The van der Waals surface area contributed by atoms with Crippen molar-refractivity contribution in [2.75, 3.05) is 19.0 Å². The maximum absolute atomic E-state index is 14.5. The van der Waals surface area contributed by atoms with Crippen LogP contribution in [0.4, 0.5) is 15.8 Å².